The van der Waals surface area contributed by atoms with Gasteiger partial charge in [-0.15, -0.1) is 11.3 Å². The Morgan fingerprint density at radius 3 is 3.13 bits per heavy atom. The first kappa shape index (κ1) is 10.6. The van der Waals surface area contributed by atoms with Crippen LogP contribution in [0.4, 0.5) is 0 Å². The van der Waals surface area contributed by atoms with Crippen molar-refractivity contribution in [3.8, 4) is 0 Å². The molecule has 0 saturated carbocycles. The van der Waals surface area contributed by atoms with Crippen LogP contribution in [0.3, 0.4) is 0 Å². The number of hydrogen-bond donors (Lipinski definition) is 1. The van der Waals surface area contributed by atoms with E-state index in [9.17, 15) is 4.79 Å². The van der Waals surface area contributed by atoms with Crippen LogP contribution < -0.4 is 5.73 Å². The molecule has 1 atom stereocenters. The van der Waals surface area contributed by atoms with Crippen molar-refractivity contribution >= 4 is 17.2 Å². The number of carbonyl (C=O) groups is 1. The zero-order valence-corrected chi connectivity index (χ0v) is 9.50. The van der Waals surface area contributed by atoms with Gasteiger partial charge in [0.2, 0.25) is 0 Å². The number of hydrogen-bond acceptors (Lipinski definition) is 3. The Bertz CT molecular complexity index is 323. The maximum absolute atomic E-state index is 12.1. The SMILES string of the molecule is NC[C@@H]1CCCCN1C(=O)c1cccs1. The van der Waals surface area contributed by atoms with E-state index in [0.717, 1.165) is 24.3 Å². The first-order valence-electron chi connectivity index (χ1n) is 5.37. The van der Waals surface area contributed by atoms with Gasteiger partial charge in [0.25, 0.3) is 5.91 Å². The fraction of sp³-hybridized carbons (Fsp3) is 0.545. The van der Waals surface area contributed by atoms with Gasteiger partial charge in [-0.3, -0.25) is 4.79 Å². The number of likely N-dealkylation sites (tertiary alicyclic amines) is 1. The van der Waals surface area contributed by atoms with Crippen LogP contribution in [0.5, 0.6) is 0 Å². The van der Waals surface area contributed by atoms with E-state index >= 15 is 0 Å². The lowest BCUT2D eigenvalue weighted by molar-refractivity contribution is 0.0628. The van der Waals surface area contributed by atoms with E-state index in [1.165, 1.54) is 17.8 Å². The maximum atomic E-state index is 12.1. The highest BCUT2D eigenvalue weighted by molar-refractivity contribution is 7.12. The van der Waals surface area contributed by atoms with Crippen LogP contribution in [0.15, 0.2) is 17.5 Å². The predicted octanol–water partition coefficient (Wildman–Crippen LogP) is 1.70. The monoisotopic (exact) mass is 224 g/mol. The molecular formula is C11H16N2OS. The largest absolute Gasteiger partial charge is 0.334 e. The molecular weight excluding hydrogens is 208 g/mol. The van der Waals surface area contributed by atoms with Crippen molar-refractivity contribution in [1.82, 2.24) is 4.90 Å². The minimum Gasteiger partial charge on any atom is -0.334 e. The molecule has 82 valence electrons. The average Bonchev–Trinajstić information content (AvgIpc) is 2.81. The van der Waals surface area contributed by atoms with Crippen LogP contribution >= 0.6 is 11.3 Å². The van der Waals surface area contributed by atoms with Crippen LogP contribution in [0.1, 0.15) is 28.9 Å². The summed E-state index contributed by atoms with van der Waals surface area (Å²) in [5.41, 5.74) is 5.69. The molecule has 0 spiro atoms. The lowest BCUT2D eigenvalue weighted by Crippen LogP contribution is -2.47. The van der Waals surface area contributed by atoms with E-state index in [1.54, 1.807) is 0 Å². The van der Waals surface area contributed by atoms with Crippen LogP contribution in [-0.4, -0.2) is 29.9 Å². The summed E-state index contributed by atoms with van der Waals surface area (Å²) in [5.74, 6) is 0.153. The second-order valence-corrected chi connectivity index (χ2v) is 4.81. The highest BCUT2D eigenvalue weighted by Gasteiger charge is 2.26. The third-order valence-corrected chi connectivity index (χ3v) is 3.75. The first-order chi connectivity index (χ1) is 7.33. The third kappa shape index (κ3) is 2.21. The van der Waals surface area contributed by atoms with E-state index in [4.69, 9.17) is 5.73 Å². The fourth-order valence-electron chi connectivity index (χ4n) is 2.05. The normalized spacial score (nSPS) is 21.7. The van der Waals surface area contributed by atoms with Gasteiger partial charge in [-0.25, -0.2) is 0 Å². The molecule has 1 fully saturated rings. The zero-order chi connectivity index (χ0) is 10.7. The quantitative estimate of drug-likeness (QED) is 0.831. The number of rotatable bonds is 2. The molecule has 0 radical (unpaired) electrons. The molecule has 2 heterocycles. The van der Waals surface area contributed by atoms with Gasteiger partial charge < -0.3 is 10.6 Å². The Hall–Kier alpha value is -0.870. The van der Waals surface area contributed by atoms with E-state index in [-0.39, 0.29) is 11.9 Å². The van der Waals surface area contributed by atoms with Crippen molar-refractivity contribution in [3.05, 3.63) is 22.4 Å². The number of amides is 1. The summed E-state index contributed by atoms with van der Waals surface area (Å²) in [7, 11) is 0. The molecule has 3 nitrogen and oxygen atoms in total. The van der Waals surface area contributed by atoms with Gasteiger partial charge in [-0.2, -0.15) is 0 Å². The van der Waals surface area contributed by atoms with Gasteiger partial charge >= 0.3 is 0 Å². The van der Waals surface area contributed by atoms with Crippen molar-refractivity contribution in [1.29, 1.82) is 0 Å². The molecule has 15 heavy (non-hydrogen) atoms. The standard InChI is InChI=1S/C11H16N2OS/c12-8-9-4-1-2-6-13(9)11(14)10-5-3-7-15-10/h3,5,7,9H,1-2,4,6,8,12H2/t9-/m0/s1. The van der Waals surface area contributed by atoms with E-state index in [2.05, 4.69) is 0 Å². The minimum absolute atomic E-state index is 0.153. The molecule has 0 unspecified atom stereocenters. The molecule has 0 bridgehead atoms. The summed E-state index contributed by atoms with van der Waals surface area (Å²) in [6.07, 6.45) is 3.34. The molecule has 1 aliphatic rings. The van der Waals surface area contributed by atoms with E-state index in [0.29, 0.717) is 6.54 Å². The molecule has 1 aliphatic heterocycles. The summed E-state index contributed by atoms with van der Waals surface area (Å²) in [5, 5.41) is 1.94. The van der Waals surface area contributed by atoms with Crippen molar-refractivity contribution in [3.63, 3.8) is 0 Å². The van der Waals surface area contributed by atoms with E-state index < -0.39 is 0 Å². The number of carbonyl (C=O) groups excluding carboxylic acids is 1. The molecule has 1 saturated heterocycles. The van der Waals surface area contributed by atoms with Gasteiger partial charge in [0.05, 0.1) is 4.88 Å². The lowest BCUT2D eigenvalue weighted by atomic mass is 10.0. The highest BCUT2D eigenvalue weighted by atomic mass is 32.1. The fourth-order valence-corrected chi connectivity index (χ4v) is 2.73. The number of nitrogens with zero attached hydrogens (tertiary/aromatic N) is 1. The van der Waals surface area contributed by atoms with Crippen molar-refractivity contribution in [2.75, 3.05) is 13.1 Å². The third-order valence-electron chi connectivity index (χ3n) is 2.89. The molecule has 2 N–H and O–H groups in total. The predicted molar refractivity (Wildman–Crippen MR) is 62.0 cm³/mol. The average molecular weight is 224 g/mol. The molecule has 0 aromatic carbocycles. The summed E-state index contributed by atoms with van der Waals surface area (Å²) in [6.45, 7) is 1.44. The van der Waals surface area contributed by atoms with Gasteiger partial charge in [0.15, 0.2) is 0 Å². The summed E-state index contributed by atoms with van der Waals surface area (Å²) < 4.78 is 0. The van der Waals surface area contributed by atoms with Crippen molar-refractivity contribution < 1.29 is 4.79 Å². The van der Waals surface area contributed by atoms with Crippen molar-refractivity contribution in [2.45, 2.75) is 25.3 Å². The summed E-state index contributed by atoms with van der Waals surface area (Å²) >= 11 is 1.51. The topological polar surface area (TPSA) is 46.3 Å². The summed E-state index contributed by atoms with van der Waals surface area (Å²) in [6, 6.07) is 4.04. The number of thiophene rings is 1. The molecule has 4 heteroatoms. The van der Waals surface area contributed by atoms with Crippen LogP contribution in [-0.2, 0) is 0 Å². The van der Waals surface area contributed by atoms with Gasteiger partial charge in [-0.05, 0) is 30.7 Å². The first-order valence-corrected chi connectivity index (χ1v) is 6.25. The maximum Gasteiger partial charge on any atom is 0.264 e. The van der Waals surface area contributed by atoms with Crippen molar-refractivity contribution in [2.24, 2.45) is 5.73 Å². The Kier molecular flexibility index (Phi) is 3.38. The second kappa shape index (κ2) is 4.77. The van der Waals surface area contributed by atoms with Crippen LogP contribution in [0, 0.1) is 0 Å². The lowest BCUT2D eigenvalue weighted by Gasteiger charge is -2.34. The number of nitrogens with two attached hydrogens (primary N) is 1. The Morgan fingerprint density at radius 2 is 2.47 bits per heavy atom. The second-order valence-electron chi connectivity index (χ2n) is 3.86. The Balaban J connectivity index is 2.11. The minimum atomic E-state index is 0.153. The van der Waals surface area contributed by atoms with Gasteiger partial charge in [0.1, 0.15) is 0 Å². The van der Waals surface area contributed by atoms with Gasteiger partial charge in [0, 0.05) is 19.1 Å². The van der Waals surface area contributed by atoms with Crippen LogP contribution in [0.2, 0.25) is 0 Å². The smallest absolute Gasteiger partial charge is 0.264 e. The molecule has 1 aromatic heterocycles. The molecule has 2 rings (SSSR count). The zero-order valence-electron chi connectivity index (χ0n) is 8.69. The van der Waals surface area contributed by atoms with E-state index in [1.807, 2.05) is 22.4 Å². The Labute approximate surface area is 93.9 Å². The van der Waals surface area contributed by atoms with Gasteiger partial charge in [-0.1, -0.05) is 6.07 Å². The van der Waals surface area contributed by atoms with Crippen LogP contribution in [0.25, 0.3) is 0 Å². The highest BCUT2D eigenvalue weighted by Crippen LogP contribution is 2.20. The summed E-state index contributed by atoms with van der Waals surface area (Å²) in [4.78, 5) is 14.9. The molecule has 0 aliphatic carbocycles. The molecule has 1 amide bonds. The molecule has 1 aromatic rings. The Morgan fingerprint density at radius 1 is 1.60 bits per heavy atom. The number of piperidine rings is 1.